The maximum absolute atomic E-state index is 13.9. The Bertz CT molecular complexity index is 1140. The highest BCUT2D eigenvalue weighted by Crippen LogP contribution is 2.22. The zero-order valence-electron chi connectivity index (χ0n) is 16.7. The highest BCUT2D eigenvalue weighted by Gasteiger charge is 2.25. The van der Waals surface area contributed by atoms with Crippen LogP contribution in [0.5, 0.6) is 0 Å². The monoisotopic (exact) mass is 400 g/mol. The molecule has 154 valence electrons. The molecule has 2 aromatic heterocycles. The summed E-state index contributed by atoms with van der Waals surface area (Å²) in [5, 5.41) is 0. The van der Waals surface area contributed by atoms with E-state index in [9.17, 15) is 14.0 Å². The number of halogens is 1. The van der Waals surface area contributed by atoms with Crippen molar-refractivity contribution in [3.63, 3.8) is 0 Å². The number of fused-ring (bicyclic) bond motifs is 1. The maximum Gasteiger partial charge on any atom is 0.329 e. The molecule has 29 heavy (non-hydrogen) atoms. The van der Waals surface area contributed by atoms with E-state index in [0.29, 0.717) is 48.9 Å². The Labute approximate surface area is 167 Å². The third-order valence-electron chi connectivity index (χ3n) is 5.44. The van der Waals surface area contributed by atoms with Gasteiger partial charge in [-0.05, 0) is 12.5 Å². The number of nitrogens with one attached hydrogen (secondary N) is 1. The second-order valence-electron chi connectivity index (χ2n) is 7.41. The third kappa shape index (κ3) is 3.57. The number of aromatic nitrogens is 4. The molecule has 0 spiro atoms. The van der Waals surface area contributed by atoms with Crippen LogP contribution in [-0.4, -0.2) is 50.2 Å². The molecule has 1 fully saturated rings. The molecule has 0 amide bonds. The standard InChI is InChI=1S/C20H25FN6O2/c1-3-8-27-16-17(24(2)20(29)23-18(16)28)22-19(27)26-11-9-25(10-12-26)13-14-6-4-5-7-15(14)21/h4-7H,3,8-13H2,1-2H3,(H,23,28,29). The van der Waals surface area contributed by atoms with Crippen molar-refractivity contribution in [2.24, 2.45) is 7.05 Å². The van der Waals surface area contributed by atoms with Crippen LogP contribution < -0.4 is 16.1 Å². The molecule has 1 aliphatic rings. The molecule has 1 aliphatic heterocycles. The van der Waals surface area contributed by atoms with E-state index in [2.05, 4.69) is 19.8 Å². The predicted octanol–water partition coefficient (Wildman–Crippen LogP) is 1.29. The Balaban J connectivity index is 1.60. The molecular formula is C20H25FN6O2. The van der Waals surface area contributed by atoms with Gasteiger partial charge in [0, 0.05) is 51.9 Å². The first-order chi connectivity index (χ1) is 14.0. The Kier molecular flexibility index (Phi) is 5.23. The Hall–Kier alpha value is -2.94. The molecule has 0 unspecified atom stereocenters. The number of aromatic amines is 1. The zero-order chi connectivity index (χ0) is 20.5. The van der Waals surface area contributed by atoms with Crippen molar-refractivity contribution in [1.82, 2.24) is 24.0 Å². The summed E-state index contributed by atoms with van der Waals surface area (Å²) in [7, 11) is 1.61. The second kappa shape index (κ2) is 7.82. The minimum atomic E-state index is -0.468. The van der Waals surface area contributed by atoms with Crippen LogP contribution in [0.4, 0.5) is 10.3 Å². The van der Waals surface area contributed by atoms with E-state index < -0.39 is 11.2 Å². The number of nitrogens with zero attached hydrogens (tertiary/aromatic N) is 5. The number of rotatable bonds is 5. The van der Waals surface area contributed by atoms with Gasteiger partial charge in [0.05, 0.1) is 0 Å². The Morgan fingerprint density at radius 2 is 1.86 bits per heavy atom. The summed E-state index contributed by atoms with van der Waals surface area (Å²) in [4.78, 5) is 35.8. The lowest BCUT2D eigenvalue weighted by Gasteiger charge is -2.35. The average Bonchev–Trinajstić information content (AvgIpc) is 3.09. The fourth-order valence-corrected chi connectivity index (χ4v) is 3.87. The van der Waals surface area contributed by atoms with E-state index in [4.69, 9.17) is 0 Å². The molecule has 3 heterocycles. The van der Waals surface area contributed by atoms with Gasteiger partial charge in [-0.3, -0.25) is 19.2 Å². The zero-order valence-corrected chi connectivity index (χ0v) is 16.7. The molecule has 1 saturated heterocycles. The summed E-state index contributed by atoms with van der Waals surface area (Å²) in [6.07, 6.45) is 0.841. The Morgan fingerprint density at radius 1 is 1.14 bits per heavy atom. The minimum absolute atomic E-state index is 0.181. The number of hydrogen-bond donors (Lipinski definition) is 1. The van der Waals surface area contributed by atoms with E-state index in [1.807, 2.05) is 23.6 Å². The third-order valence-corrected chi connectivity index (χ3v) is 5.44. The van der Waals surface area contributed by atoms with Crippen LogP contribution in [0.3, 0.4) is 0 Å². The van der Waals surface area contributed by atoms with Gasteiger partial charge in [0.2, 0.25) is 5.95 Å². The quantitative estimate of drug-likeness (QED) is 0.698. The van der Waals surface area contributed by atoms with Crippen LogP contribution in [0.15, 0.2) is 33.9 Å². The molecule has 0 aliphatic carbocycles. The van der Waals surface area contributed by atoms with Crippen LogP contribution in [0.2, 0.25) is 0 Å². The molecular weight excluding hydrogens is 375 g/mol. The number of H-pyrrole nitrogens is 1. The molecule has 1 N–H and O–H groups in total. The average molecular weight is 400 g/mol. The van der Waals surface area contributed by atoms with Crippen molar-refractivity contribution in [3.05, 3.63) is 56.5 Å². The van der Waals surface area contributed by atoms with Crippen molar-refractivity contribution in [1.29, 1.82) is 0 Å². The number of benzene rings is 1. The molecule has 9 heteroatoms. The van der Waals surface area contributed by atoms with Gasteiger partial charge in [0.25, 0.3) is 5.56 Å². The van der Waals surface area contributed by atoms with E-state index in [1.165, 1.54) is 10.6 Å². The Morgan fingerprint density at radius 3 is 2.55 bits per heavy atom. The summed E-state index contributed by atoms with van der Waals surface area (Å²) in [6.45, 7) is 6.21. The van der Waals surface area contributed by atoms with Crippen LogP contribution in [-0.2, 0) is 20.1 Å². The lowest BCUT2D eigenvalue weighted by Crippen LogP contribution is -2.47. The van der Waals surface area contributed by atoms with Crippen molar-refractivity contribution < 1.29 is 4.39 Å². The van der Waals surface area contributed by atoms with E-state index in [1.54, 1.807) is 13.1 Å². The van der Waals surface area contributed by atoms with Crippen LogP contribution in [0.25, 0.3) is 11.2 Å². The summed E-state index contributed by atoms with van der Waals surface area (Å²) in [5.41, 5.74) is 0.646. The summed E-state index contributed by atoms with van der Waals surface area (Å²) in [5.74, 6) is 0.527. The van der Waals surface area contributed by atoms with Crippen molar-refractivity contribution in [3.8, 4) is 0 Å². The first-order valence-electron chi connectivity index (χ1n) is 9.90. The number of anilines is 1. The molecule has 0 saturated carbocycles. The van der Waals surface area contributed by atoms with E-state index >= 15 is 0 Å². The van der Waals surface area contributed by atoms with E-state index in [-0.39, 0.29) is 5.82 Å². The predicted molar refractivity (Wildman–Crippen MR) is 110 cm³/mol. The topological polar surface area (TPSA) is 79.2 Å². The van der Waals surface area contributed by atoms with E-state index in [0.717, 1.165) is 19.5 Å². The van der Waals surface area contributed by atoms with Gasteiger partial charge in [-0.2, -0.15) is 4.98 Å². The van der Waals surface area contributed by atoms with Gasteiger partial charge >= 0.3 is 5.69 Å². The summed E-state index contributed by atoms with van der Waals surface area (Å²) < 4.78 is 17.2. The fourth-order valence-electron chi connectivity index (χ4n) is 3.87. The maximum atomic E-state index is 13.9. The van der Waals surface area contributed by atoms with Crippen LogP contribution >= 0.6 is 0 Å². The van der Waals surface area contributed by atoms with Crippen molar-refractivity contribution >= 4 is 17.1 Å². The van der Waals surface area contributed by atoms with Gasteiger partial charge in [0.15, 0.2) is 11.2 Å². The van der Waals surface area contributed by atoms with Gasteiger partial charge in [0.1, 0.15) is 5.82 Å². The van der Waals surface area contributed by atoms with Gasteiger partial charge in [-0.1, -0.05) is 25.1 Å². The lowest BCUT2D eigenvalue weighted by molar-refractivity contribution is 0.245. The molecule has 1 aromatic carbocycles. The normalized spacial score (nSPS) is 15.3. The summed E-state index contributed by atoms with van der Waals surface area (Å²) >= 11 is 0. The second-order valence-corrected chi connectivity index (χ2v) is 7.41. The SMILES string of the molecule is CCCn1c(N2CCN(Cc3ccccc3F)CC2)nc2c1c(=O)[nH]c(=O)n2C. The number of aryl methyl sites for hydroxylation is 2. The van der Waals surface area contributed by atoms with Gasteiger partial charge < -0.3 is 9.47 Å². The highest BCUT2D eigenvalue weighted by molar-refractivity contribution is 5.74. The minimum Gasteiger partial charge on any atom is -0.340 e. The van der Waals surface area contributed by atoms with Crippen molar-refractivity contribution in [2.75, 3.05) is 31.1 Å². The van der Waals surface area contributed by atoms with Gasteiger partial charge in [-0.15, -0.1) is 0 Å². The smallest absolute Gasteiger partial charge is 0.329 e. The number of hydrogen-bond acceptors (Lipinski definition) is 5. The molecule has 3 aromatic rings. The first kappa shape index (κ1) is 19.4. The fraction of sp³-hybridized carbons (Fsp3) is 0.450. The van der Waals surface area contributed by atoms with Crippen LogP contribution in [0, 0.1) is 5.82 Å². The molecule has 0 bridgehead atoms. The van der Waals surface area contributed by atoms with Crippen molar-refractivity contribution in [2.45, 2.75) is 26.4 Å². The lowest BCUT2D eigenvalue weighted by atomic mass is 10.2. The number of imidazole rings is 1. The summed E-state index contributed by atoms with van der Waals surface area (Å²) in [6, 6.07) is 6.85. The van der Waals surface area contributed by atoms with Crippen LogP contribution in [0.1, 0.15) is 18.9 Å². The molecule has 0 atom stereocenters. The molecule has 8 nitrogen and oxygen atoms in total. The highest BCUT2D eigenvalue weighted by atomic mass is 19.1. The molecule has 0 radical (unpaired) electrons. The molecule has 4 rings (SSSR count). The van der Waals surface area contributed by atoms with Gasteiger partial charge in [-0.25, -0.2) is 9.18 Å². The first-order valence-corrected chi connectivity index (χ1v) is 9.90. The number of piperazine rings is 1. The largest absolute Gasteiger partial charge is 0.340 e.